The lowest BCUT2D eigenvalue weighted by atomic mass is 9.95. The Kier molecular flexibility index (Phi) is 5.23. The van der Waals surface area contributed by atoms with Gasteiger partial charge in [0.05, 0.1) is 0 Å². The van der Waals surface area contributed by atoms with Crippen molar-refractivity contribution in [3.63, 3.8) is 0 Å². The van der Waals surface area contributed by atoms with Crippen LogP contribution in [0.4, 0.5) is 5.69 Å². The van der Waals surface area contributed by atoms with Crippen molar-refractivity contribution < 1.29 is 0 Å². The highest BCUT2D eigenvalue weighted by Crippen LogP contribution is 2.28. The van der Waals surface area contributed by atoms with E-state index in [1.807, 2.05) is 0 Å². The van der Waals surface area contributed by atoms with Crippen LogP contribution >= 0.6 is 15.9 Å². The molecule has 102 valence electrons. The number of hydrogen-bond donors (Lipinski definition) is 1. The summed E-state index contributed by atoms with van der Waals surface area (Å²) < 4.78 is 1.12. The van der Waals surface area contributed by atoms with Gasteiger partial charge >= 0.3 is 0 Å². The van der Waals surface area contributed by atoms with Gasteiger partial charge in [-0.3, -0.25) is 0 Å². The monoisotopic (exact) mass is 312 g/mol. The summed E-state index contributed by atoms with van der Waals surface area (Å²) in [4.78, 5) is 2.32. The van der Waals surface area contributed by atoms with Crippen molar-refractivity contribution in [1.82, 2.24) is 0 Å². The zero-order valence-corrected chi connectivity index (χ0v) is 13.7. The normalized spacial score (nSPS) is 13.5. The highest BCUT2D eigenvalue weighted by molar-refractivity contribution is 9.10. The average molecular weight is 313 g/mol. The van der Waals surface area contributed by atoms with Gasteiger partial charge in [0.25, 0.3) is 0 Å². The van der Waals surface area contributed by atoms with Crippen LogP contribution in [0.1, 0.15) is 33.3 Å². The van der Waals surface area contributed by atoms with Crippen LogP contribution in [0.2, 0.25) is 0 Å². The van der Waals surface area contributed by atoms with Crippen LogP contribution in [-0.2, 0) is 6.42 Å². The summed E-state index contributed by atoms with van der Waals surface area (Å²) in [5, 5.41) is 0. The van der Waals surface area contributed by atoms with Gasteiger partial charge < -0.3 is 10.6 Å². The number of halogens is 1. The van der Waals surface area contributed by atoms with E-state index in [4.69, 9.17) is 5.73 Å². The third-order valence-corrected chi connectivity index (χ3v) is 3.21. The Morgan fingerprint density at radius 2 is 1.94 bits per heavy atom. The van der Waals surface area contributed by atoms with Crippen molar-refractivity contribution in [1.29, 1.82) is 0 Å². The second-order valence-electron chi connectivity index (χ2n) is 6.37. The van der Waals surface area contributed by atoms with Crippen molar-refractivity contribution in [3.05, 3.63) is 28.2 Å². The lowest BCUT2D eigenvalue weighted by Crippen LogP contribution is -2.30. The van der Waals surface area contributed by atoms with Gasteiger partial charge in [0, 0.05) is 29.8 Å². The van der Waals surface area contributed by atoms with E-state index >= 15 is 0 Å². The minimum Gasteiger partial charge on any atom is -0.374 e. The molecule has 0 saturated heterocycles. The molecule has 0 aliphatic rings. The molecule has 1 atom stereocenters. The molecule has 2 N–H and O–H groups in total. The number of benzene rings is 1. The summed E-state index contributed by atoms with van der Waals surface area (Å²) in [5.74, 6) is 0. The van der Waals surface area contributed by atoms with E-state index in [9.17, 15) is 0 Å². The van der Waals surface area contributed by atoms with E-state index in [1.165, 1.54) is 11.3 Å². The largest absolute Gasteiger partial charge is 0.374 e. The minimum absolute atomic E-state index is 0.188. The number of rotatable bonds is 4. The number of anilines is 1. The molecule has 0 heterocycles. The first-order valence-corrected chi connectivity index (χ1v) is 7.23. The third kappa shape index (κ3) is 4.99. The first-order chi connectivity index (χ1) is 8.19. The highest BCUT2D eigenvalue weighted by Gasteiger charge is 2.16. The molecule has 0 spiro atoms. The maximum atomic E-state index is 5.93. The van der Waals surface area contributed by atoms with Gasteiger partial charge in [-0.1, -0.05) is 42.8 Å². The lowest BCUT2D eigenvalue weighted by molar-refractivity contribution is 0.418. The summed E-state index contributed by atoms with van der Waals surface area (Å²) in [6.45, 7) is 9.84. The second-order valence-corrected chi connectivity index (χ2v) is 7.29. The predicted octanol–water partition coefficient (Wildman–Crippen LogP) is 3.82. The first kappa shape index (κ1) is 15.5. The van der Waals surface area contributed by atoms with Gasteiger partial charge in [0.2, 0.25) is 0 Å². The van der Waals surface area contributed by atoms with Crippen molar-refractivity contribution in [3.8, 4) is 0 Å². The smallest absolute Gasteiger partial charge is 0.0408 e. The van der Waals surface area contributed by atoms with Crippen molar-refractivity contribution in [2.24, 2.45) is 11.1 Å². The molecule has 0 fully saturated rings. The number of hydrogen-bond acceptors (Lipinski definition) is 2. The molecule has 0 aliphatic heterocycles. The van der Waals surface area contributed by atoms with Crippen LogP contribution in [0.3, 0.4) is 0 Å². The standard InChI is InChI=1S/C15H25BrN2/c1-11(17)8-12-6-7-13(16)9-14(12)18(5)10-15(2,3)4/h6-7,9,11H,8,10,17H2,1-5H3. The highest BCUT2D eigenvalue weighted by atomic mass is 79.9. The summed E-state index contributed by atoms with van der Waals surface area (Å²) in [6, 6.07) is 6.63. The van der Waals surface area contributed by atoms with E-state index in [1.54, 1.807) is 0 Å². The van der Waals surface area contributed by atoms with Crippen LogP contribution in [0.15, 0.2) is 22.7 Å². The first-order valence-electron chi connectivity index (χ1n) is 6.44. The molecule has 2 nitrogen and oxygen atoms in total. The Balaban J connectivity index is 3.00. The van der Waals surface area contributed by atoms with Gasteiger partial charge in [0.1, 0.15) is 0 Å². The fraction of sp³-hybridized carbons (Fsp3) is 0.600. The SMILES string of the molecule is CC(N)Cc1ccc(Br)cc1N(C)CC(C)(C)C. The maximum Gasteiger partial charge on any atom is 0.0408 e. The molecule has 1 aromatic rings. The summed E-state index contributed by atoms with van der Waals surface area (Å²) in [7, 11) is 2.15. The van der Waals surface area contributed by atoms with Gasteiger partial charge in [0.15, 0.2) is 0 Å². The molecule has 1 aromatic carbocycles. The second kappa shape index (κ2) is 6.07. The topological polar surface area (TPSA) is 29.3 Å². The zero-order valence-electron chi connectivity index (χ0n) is 12.1. The molecule has 3 heteroatoms. The molecular weight excluding hydrogens is 288 g/mol. The molecule has 18 heavy (non-hydrogen) atoms. The quantitative estimate of drug-likeness (QED) is 0.915. The van der Waals surface area contributed by atoms with E-state index in [-0.39, 0.29) is 11.5 Å². The summed E-state index contributed by atoms with van der Waals surface area (Å²) in [6.07, 6.45) is 0.914. The molecule has 0 bridgehead atoms. The number of nitrogens with zero attached hydrogens (tertiary/aromatic N) is 1. The summed E-state index contributed by atoms with van der Waals surface area (Å²) >= 11 is 3.55. The Morgan fingerprint density at radius 3 is 2.44 bits per heavy atom. The van der Waals surface area contributed by atoms with E-state index in [2.05, 4.69) is 73.8 Å². The Bertz CT molecular complexity index is 394. The molecule has 0 radical (unpaired) electrons. The number of nitrogens with two attached hydrogens (primary N) is 1. The Morgan fingerprint density at radius 1 is 1.33 bits per heavy atom. The van der Waals surface area contributed by atoms with Crippen molar-refractivity contribution in [2.75, 3.05) is 18.5 Å². The minimum atomic E-state index is 0.188. The molecule has 0 aromatic heterocycles. The van der Waals surface area contributed by atoms with Gasteiger partial charge in [-0.25, -0.2) is 0 Å². The molecule has 1 unspecified atom stereocenters. The van der Waals surface area contributed by atoms with E-state index in [0.717, 1.165) is 17.4 Å². The maximum absolute atomic E-state index is 5.93. The summed E-state index contributed by atoms with van der Waals surface area (Å²) in [5.41, 5.74) is 8.80. The molecule has 0 saturated carbocycles. The van der Waals surface area contributed by atoms with Crippen LogP contribution in [0.5, 0.6) is 0 Å². The van der Waals surface area contributed by atoms with Crippen LogP contribution in [-0.4, -0.2) is 19.6 Å². The molecule has 0 amide bonds. The zero-order chi connectivity index (χ0) is 13.9. The fourth-order valence-electron chi connectivity index (χ4n) is 2.21. The van der Waals surface area contributed by atoms with Gasteiger partial charge in [-0.05, 0) is 36.5 Å². The van der Waals surface area contributed by atoms with Gasteiger partial charge in [-0.15, -0.1) is 0 Å². The van der Waals surface area contributed by atoms with Crippen LogP contribution in [0.25, 0.3) is 0 Å². The van der Waals surface area contributed by atoms with E-state index < -0.39 is 0 Å². The average Bonchev–Trinajstić information content (AvgIpc) is 2.17. The molecule has 1 rings (SSSR count). The third-order valence-electron chi connectivity index (χ3n) is 2.71. The van der Waals surface area contributed by atoms with Crippen molar-refractivity contribution >= 4 is 21.6 Å². The van der Waals surface area contributed by atoms with Crippen molar-refractivity contribution in [2.45, 2.75) is 40.2 Å². The lowest BCUT2D eigenvalue weighted by Gasteiger charge is -2.30. The van der Waals surface area contributed by atoms with E-state index in [0.29, 0.717) is 0 Å². The van der Waals surface area contributed by atoms with Crippen LogP contribution in [0, 0.1) is 5.41 Å². The Labute approximate surface area is 120 Å². The van der Waals surface area contributed by atoms with Gasteiger partial charge in [-0.2, -0.15) is 0 Å². The molecular formula is C15H25BrN2. The Hall–Kier alpha value is -0.540. The molecule has 0 aliphatic carbocycles. The van der Waals surface area contributed by atoms with Crippen LogP contribution < -0.4 is 10.6 Å². The predicted molar refractivity (Wildman–Crippen MR) is 84.2 cm³/mol. The fourth-order valence-corrected chi connectivity index (χ4v) is 2.56.